The van der Waals surface area contributed by atoms with Crippen molar-refractivity contribution in [3.8, 4) is 16.9 Å². The second-order valence-electron chi connectivity index (χ2n) is 7.85. The zero-order valence-electron chi connectivity index (χ0n) is 18.9. The molecule has 0 amide bonds. The number of fused-ring (bicyclic) bond motifs is 1. The van der Waals surface area contributed by atoms with Gasteiger partial charge in [0.1, 0.15) is 12.4 Å². The molecular weight excluding hydrogens is 404 g/mol. The summed E-state index contributed by atoms with van der Waals surface area (Å²) in [5.41, 5.74) is 3.24. The Bertz CT molecular complexity index is 997. The van der Waals surface area contributed by atoms with Gasteiger partial charge in [-0.3, -0.25) is 4.79 Å². The highest BCUT2D eigenvalue weighted by molar-refractivity contribution is 6.00. The molecule has 0 bridgehead atoms. The molecule has 0 radical (unpaired) electrons. The van der Waals surface area contributed by atoms with Crippen LogP contribution in [-0.4, -0.2) is 44.1 Å². The molecule has 0 aromatic heterocycles. The van der Waals surface area contributed by atoms with Crippen LogP contribution in [-0.2, 0) is 14.3 Å². The van der Waals surface area contributed by atoms with Crippen molar-refractivity contribution in [1.29, 1.82) is 0 Å². The lowest BCUT2D eigenvalue weighted by molar-refractivity contribution is -0.137. The van der Waals surface area contributed by atoms with Crippen LogP contribution in [0, 0.1) is 0 Å². The van der Waals surface area contributed by atoms with Crippen LogP contribution in [0.1, 0.15) is 38.2 Å². The van der Waals surface area contributed by atoms with Gasteiger partial charge in [-0.1, -0.05) is 68.4 Å². The Morgan fingerprint density at radius 2 is 1.50 bits per heavy atom. The van der Waals surface area contributed by atoms with Gasteiger partial charge in [0.25, 0.3) is 0 Å². The molecule has 0 saturated carbocycles. The lowest BCUT2D eigenvalue weighted by Gasteiger charge is -2.14. The van der Waals surface area contributed by atoms with Gasteiger partial charge < -0.3 is 19.3 Å². The molecule has 3 aromatic rings. The predicted molar refractivity (Wildman–Crippen MR) is 127 cm³/mol. The van der Waals surface area contributed by atoms with E-state index in [0.29, 0.717) is 26.4 Å². The molecular formula is C27H32O5. The number of aliphatic carboxylic acids is 1. The highest BCUT2D eigenvalue weighted by Gasteiger charge is 2.12. The normalized spacial score (nSPS) is 12.1. The summed E-state index contributed by atoms with van der Waals surface area (Å²) in [6, 6.07) is 20.4. The highest BCUT2D eigenvalue weighted by Crippen LogP contribution is 2.35. The number of benzene rings is 3. The van der Waals surface area contributed by atoms with Crippen LogP contribution in [0.2, 0.25) is 0 Å². The number of carboxylic acids is 1. The quantitative estimate of drug-likeness (QED) is 0.338. The first-order valence-corrected chi connectivity index (χ1v) is 11.2. The summed E-state index contributed by atoms with van der Waals surface area (Å²) in [6.07, 6.45) is 1.14. The molecule has 0 fully saturated rings. The molecule has 1 N–H and O–H groups in total. The lowest BCUT2D eigenvalue weighted by Crippen LogP contribution is -2.11. The van der Waals surface area contributed by atoms with E-state index in [4.69, 9.17) is 19.3 Å². The van der Waals surface area contributed by atoms with Gasteiger partial charge in [0.05, 0.1) is 26.2 Å². The number of hydrogen-bond donors (Lipinski definition) is 1. The Morgan fingerprint density at radius 3 is 2.19 bits per heavy atom. The minimum Gasteiger partial charge on any atom is -0.491 e. The summed E-state index contributed by atoms with van der Waals surface area (Å²) in [7, 11) is 0. The van der Waals surface area contributed by atoms with Crippen molar-refractivity contribution in [1.82, 2.24) is 0 Å². The highest BCUT2D eigenvalue weighted by atomic mass is 16.5. The standard InChI is InChI=1S/C27H32O5/c1-3-14-30-15-16-31-17-18-32-26-13-12-23(24-6-4-5-7-25(24)26)22-10-8-21(9-11-22)20(2)19-27(28)29/h4-13,20H,3,14-19H2,1-2H3,(H,28,29). The number of carboxylic acid groups (broad SMARTS) is 1. The summed E-state index contributed by atoms with van der Waals surface area (Å²) in [4.78, 5) is 11.0. The van der Waals surface area contributed by atoms with E-state index in [-0.39, 0.29) is 12.3 Å². The molecule has 0 saturated heterocycles. The van der Waals surface area contributed by atoms with Crippen LogP contribution in [0.4, 0.5) is 0 Å². The minimum absolute atomic E-state index is 0.0190. The predicted octanol–water partition coefficient (Wildman–Crippen LogP) is 5.91. The maximum absolute atomic E-state index is 11.0. The Hall–Kier alpha value is -2.89. The lowest BCUT2D eigenvalue weighted by atomic mass is 9.93. The van der Waals surface area contributed by atoms with E-state index in [9.17, 15) is 4.79 Å². The molecule has 3 aromatic carbocycles. The molecule has 32 heavy (non-hydrogen) atoms. The van der Waals surface area contributed by atoms with Crippen molar-refractivity contribution >= 4 is 16.7 Å². The van der Waals surface area contributed by atoms with E-state index in [1.165, 1.54) is 0 Å². The molecule has 170 valence electrons. The third-order valence-electron chi connectivity index (χ3n) is 5.36. The van der Waals surface area contributed by atoms with Crippen molar-refractivity contribution in [2.45, 2.75) is 32.6 Å². The van der Waals surface area contributed by atoms with Crippen LogP contribution in [0.25, 0.3) is 21.9 Å². The van der Waals surface area contributed by atoms with Crippen LogP contribution >= 0.6 is 0 Å². The van der Waals surface area contributed by atoms with Crippen molar-refractivity contribution < 1.29 is 24.1 Å². The third kappa shape index (κ3) is 6.55. The zero-order chi connectivity index (χ0) is 22.8. The van der Waals surface area contributed by atoms with E-state index in [2.05, 4.69) is 37.3 Å². The Labute approximate surface area is 189 Å². The van der Waals surface area contributed by atoms with Gasteiger partial charge in [-0.2, -0.15) is 0 Å². The summed E-state index contributed by atoms with van der Waals surface area (Å²) < 4.78 is 17.0. The van der Waals surface area contributed by atoms with Crippen LogP contribution in [0.5, 0.6) is 5.75 Å². The maximum Gasteiger partial charge on any atom is 0.303 e. The van der Waals surface area contributed by atoms with E-state index in [0.717, 1.165) is 46.2 Å². The molecule has 0 aliphatic carbocycles. The van der Waals surface area contributed by atoms with Gasteiger partial charge in [-0.15, -0.1) is 0 Å². The second kappa shape index (κ2) is 12.2. The van der Waals surface area contributed by atoms with E-state index < -0.39 is 5.97 Å². The fourth-order valence-electron chi connectivity index (χ4n) is 3.70. The fourth-order valence-corrected chi connectivity index (χ4v) is 3.70. The van der Waals surface area contributed by atoms with Crippen LogP contribution in [0.15, 0.2) is 60.7 Å². The smallest absolute Gasteiger partial charge is 0.303 e. The topological polar surface area (TPSA) is 65.0 Å². The van der Waals surface area contributed by atoms with E-state index >= 15 is 0 Å². The van der Waals surface area contributed by atoms with Gasteiger partial charge in [0.2, 0.25) is 0 Å². The van der Waals surface area contributed by atoms with Crippen molar-refractivity contribution in [2.24, 2.45) is 0 Å². The van der Waals surface area contributed by atoms with Crippen molar-refractivity contribution in [3.63, 3.8) is 0 Å². The molecule has 5 nitrogen and oxygen atoms in total. The van der Waals surface area contributed by atoms with E-state index in [1.54, 1.807) is 0 Å². The van der Waals surface area contributed by atoms with Gasteiger partial charge in [0.15, 0.2) is 0 Å². The number of hydrogen-bond acceptors (Lipinski definition) is 4. The van der Waals surface area contributed by atoms with Gasteiger partial charge >= 0.3 is 5.97 Å². The SMILES string of the molecule is CCCOCCOCCOc1ccc(-c2ccc(C(C)CC(=O)O)cc2)c2ccccc12. The molecule has 1 unspecified atom stereocenters. The largest absolute Gasteiger partial charge is 0.491 e. The monoisotopic (exact) mass is 436 g/mol. The van der Waals surface area contributed by atoms with Gasteiger partial charge in [0, 0.05) is 12.0 Å². The van der Waals surface area contributed by atoms with Crippen LogP contribution in [0.3, 0.4) is 0 Å². The van der Waals surface area contributed by atoms with Gasteiger partial charge in [-0.25, -0.2) is 0 Å². The van der Waals surface area contributed by atoms with E-state index in [1.807, 2.05) is 37.3 Å². The van der Waals surface area contributed by atoms with Crippen molar-refractivity contribution in [2.75, 3.05) is 33.0 Å². The number of carbonyl (C=O) groups is 1. The molecule has 0 aliphatic heterocycles. The van der Waals surface area contributed by atoms with Crippen molar-refractivity contribution in [3.05, 3.63) is 66.2 Å². The summed E-state index contributed by atoms with van der Waals surface area (Å²) in [5, 5.41) is 11.2. The first kappa shape index (κ1) is 23.8. The average molecular weight is 437 g/mol. The molecule has 0 spiro atoms. The fraction of sp³-hybridized carbons (Fsp3) is 0.370. The Balaban J connectivity index is 1.68. The molecule has 0 heterocycles. The second-order valence-corrected chi connectivity index (χ2v) is 7.85. The zero-order valence-corrected chi connectivity index (χ0v) is 18.9. The van der Waals surface area contributed by atoms with Gasteiger partial charge in [-0.05, 0) is 40.5 Å². The molecule has 5 heteroatoms. The Kier molecular flexibility index (Phi) is 9.08. The number of ether oxygens (including phenoxy) is 3. The molecule has 0 aliphatic rings. The number of rotatable bonds is 13. The first-order chi connectivity index (χ1) is 15.6. The Morgan fingerprint density at radius 1 is 0.844 bits per heavy atom. The molecule has 1 atom stereocenters. The summed E-state index contributed by atoms with van der Waals surface area (Å²) >= 11 is 0. The minimum atomic E-state index is -0.779. The van der Waals surface area contributed by atoms with Crippen LogP contribution < -0.4 is 4.74 Å². The third-order valence-corrected chi connectivity index (χ3v) is 5.36. The molecule has 3 rings (SSSR count). The summed E-state index contributed by atoms with van der Waals surface area (Å²) in [6.45, 7) is 6.97. The summed E-state index contributed by atoms with van der Waals surface area (Å²) in [5.74, 6) is 0.0368. The first-order valence-electron chi connectivity index (χ1n) is 11.2. The average Bonchev–Trinajstić information content (AvgIpc) is 2.80. The maximum atomic E-state index is 11.0.